The molecule has 0 radical (unpaired) electrons. The van der Waals surface area contributed by atoms with Crippen molar-refractivity contribution < 1.29 is 0 Å². The van der Waals surface area contributed by atoms with Gasteiger partial charge in [-0.15, -0.1) is 17.0 Å². The number of rotatable bonds is 5. The number of halogens is 1. The van der Waals surface area contributed by atoms with Gasteiger partial charge in [0.2, 0.25) is 4.80 Å². The molecule has 0 amide bonds. The Labute approximate surface area is 157 Å². The molecule has 0 aliphatic rings. The van der Waals surface area contributed by atoms with E-state index in [1.165, 1.54) is 5.56 Å². The van der Waals surface area contributed by atoms with E-state index in [1.54, 1.807) is 11.5 Å². The summed E-state index contributed by atoms with van der Waals surface area (Å²) in [6.45, 7) is 5.13. The lowest BCUT2D eigenvalue weighted by atomic mass is 10.2. The number of hydrogen-bond donors (Lipinski definition) is 0. The fourth-order valence-electron chi connectivity index (χ4n) is 2.38. The highest BCUT2D eigenvalue weighted by molar-refractivity contribution is 8.93. The first-order valence-corrected chi connectivity index (χ1v) is 8.78. The Bertz CT molecular complexity index is 837. The fraction of sp³-hybridized carbons (Fsp3) is 0.263. The average Bonchev–Trinajstić information content (AvgIpc) is 3.00. The molecular formula is C19H22BrN3S. The molecule has 0 unspecified atom stereocenters. The van der Waals surface area contributed by atoms with Crippen LogP contribution in [0.3, 0.4) is 0 Å². The second-order valence-electron chi connectivity index (χ2n) is 5.54. The molecule has 3 aromatic rings. The summed E-state index contributed by atoms with van der Waals surface area (Å²) in [4.78, 5) is 10.3. The first-order chi connectivity index (χ1) is 11.3. The third-order valence-corrected chi connectivity index (χ3v) is 4.54. The molecule has 5 heteroatoms. The summed E-state index contributed by atoms with van der Waals surface area (Å²) in [5.74, 6) is 0.955. The lowest BCUT2D eigenvalue weighted by Gasteiger charge is -2.06. The molecule has 0 fully saturated rings. The molecular weight excluding hydrogens is 382 g/mol. The van der Waals surface area contributed by atoms with Crippen molar-refractivity contribution in [1.82, 2.24) is 8.94 Å². The van der Waals surface area contributed by atoms with Gasteiger partial charge in [-0.25, -0.2) is 3.96 Å². The summed E-state index contributed by atoms with van der Waals surface area (Å²) in [5.41, 5.74) is 3.49. The smallest absolute Gasteiger partial charge is 0.223 e. The molecule has 3 rings (SSSR count). The number of benzene rings is 2. The lowest BCUT2D eigenvalue weighted by Crippen LogP contribution is -1.99. The monoisotopic (exact) mass is 403 g/mol. The van der Waals surface area contributed by atoms with E-state index in [2.05, 4.69) is 59.2 Å². The summed E-state index contributed by atoms with van der Waals surface area (Å²) in [6, 6.07) is 18.8. The van der Waals surface area contributed by atoms with Gasteiger partial charge in [-0.05, 0) is 42.6 Å². The maximum atomic E-state index is 4.77. The van der Waals surface area contributed by atoms with E-state index in [0.717, 1.165) is 41.3 Å². The van der Waals surface area contributed by atoms with Crippen molar-refractivity contribution in [3.05, 3.63) is 65.0 Å². The van der Waals surface area contributed by atoms with Gasteiger partial charge >= 0.3 is 0 Å². The summed E-state index contributed by atoms with van der Waals surface area (Å²) in [6.07, 6.45) is 2.25. The number of unbranched alkanes of at least 4 members (excludes halogenated alkanes) is 1. The number of aromatic nitrogens is 2. The molecule has 0 saturated carbocycles. The molecule has 0 N–H and O–H groups in total. The summed E-state index contributed by atoms with van der Waals surface area (Å²) in [5, 5.41) is 0. The standard InChI is InChI=1S/C19H21N3S.BrH/c1-3-4-13-20-19-21-18(16-10-6-5-7-11-16)22(23-19)17-12-8-9-15(2)14-17;/h5-12,14H,3-4,13H2,1-2H3;1H. The van der Waals surface area contributed by atoms with Crippen LogP contribution < -0.4 is 4.80 Å². The summed E-state index contributed by atoms with van der Waals surface area (Å²) >= 11 is 1.61. The Kier molecular flexibility index (Phi) is 6.94. The highest BCUT2D eigenvalue weighted by Crippen LogP contribution is 2.22. The molecule has 126 valence electrons. The van der Waals surface area contributed by atoms with Crippen LogP contribution in [-0.2, 0) is 0 Å². The minimum Gasteiger partial charge on any atom is -0.256 e. The van der Waals surface area contributed by atoms with Gasteiger partial charge in [0, 0.05) is 12.1 Å². The summed E-state index contributed by atoms with van der Waals surface area (Å²) in [7, 11) is 0. The fourth-order valence-corrected chi connectivity index (χ4v) is 3.27. The summed E-state index contributed by atoms with van der Waals surface area (Å²) < 4.78 is 2.17. The molecule has 0 spiro atoms. The topological polar surface area (TPSA) is 30.2 Å². The van der Waals surface area contributed by atoms with Gasteiger partial charge in [0.15, 0.2) is 5.82 Å². The zero-order valence-corrected chi connectivity index (χ0v) is 16.5. The molecule has 2 aromatic carbocycles. The highest BCUT2D eigenvalue weighted by Gasteiger charge is 2.10. The second kappa shape index (κ2) is 8.94. The van der Waals surface area contributed by atoms with Crippen LogP contribution in [0.5, 0.6) is 0 Å². The van der Waals surface area contributed by atoms with Gasteiger partial charge in [0.25, 0.3) is 0 Å². The first-order valence-electron chi connectivity index (χ1n) is 8.01. The van der Waals surface area contributed by atoms with Crippen LogP contribution in [0.1, 0.15) is 25.3 Å². The van der Waals surface area contributed by atoms with Crippen LogP contribution in [0.4, 0.5) is 0 Å². The van der Waals surface area contributed by atoms with Gasteiger partial charge in [-0.3, -0.25) is 4.99 Å². The van der Waals surface area contributed by atoms with E-state index in [9.17, 15) is 0 Å². The van der Waals surface area contributed by atoms with E-state index >= 15 is 0 Å². The van der Waals surface area contributed by atoms with Gasteiger partial charge < -0.3 is 0 Å². The zero-order valence-electron chi connectivity index (χ0n) is 14.0. The van der Waals surface area contributed by atoms with Gasteiger partial charge in [-0.1, -0.05) is 55.8 Å². The van der Waals surface area contributed by atoms with E-state index in [-0.39, 0.29) is 17.0 Å². The van der Waals surface area contributed by atoms with Crippen LogP contribution in [0.25, 0.3) is 17.1 Å². The number of aryl methyl sites for hydroxylation is 1. The van der Waals surface area contributed by atoms with E-state index in [4.69, 9.17) is 4.98 Å². The third kappa shape index (κ3) is 4.42. The van der Waals surface area contributed by atoms with Crippen molar-refractivity contribution in [3.8, 4) is 17.1 Å². The third-order valence-electron chi connectivity index (χ3n) is 3.59. The molecule has 0 aliphatic heterocycles. The van der Waals surface area contributed by atoms with Gasteiger partial charge in [0.05, 0.1) is 5.69 Å². The molecule has 0 bridgehead atoms. The second-order valence-corrected chi connectivity index (χ2v) is 6.46. The van der Waals surface area contributed by atoms with Crippen molar-refractivity contribution in [3.63, 3.8) is 0 Å². The molecule has 0 atom stereocenters. The zero-order chi connectivity index (χ0) is 16.1. The van der Waals surface area contributed by atoms with Crippen LogP contribution in [0.2, 0.25) is 0 Å². The number of hydrogen-bond acceptors (Lipinski definition) is 3. The van der Waals surface area contributed by atoms with Crippen molar-refractivity contribution in [1.29, 1.82) is 0 Å². The van der Waals surface area contributed by atoms with Crippen molar-refractivity contribution in [2.24, 2.45) is 4.99 Å². The SMILES string of the molecule is Br.CCCCN=c1nc(-c2ccccc2)n(-c2cccc(C)c2)s1. The minimum atomic E-state index is 0. The predicted molar refractivity (Wildman–Crippen MR) is 107 cm³/mol. The molecule has 0 aliphatic carbocycles. The Morgan fingerprint density at radius 3 is 2.58 bits per heavy atom. The minimum absolute atomic E-state index is 0. The Hall–Kier alpha value is -1.72. The maximum absolute atomic E-state index is 4.77. The van der Waals surface area contributed by atoms with Crippen LogP contribution in [0, 0.1) is 6.92 Å². The van der Waals surface area contributed by atoms with Gasteiger partial charge in [0.1, 0.15) is 0 Å². The Morgan fingerprint density at radius 1 is 1.08 bits per heavy atom. The normalized spacial score (nSPS) is 11.3. The van der Waals surface area contributed by atoms with E-state index < -0.39 is 0 Å². The highest BCUT2D eigenvalue weighted by atomic mass is 79.9. The molecule has 1 aromatic heterocycles. The molecule has 24 heavy (non-hydrogen) atoms. The Morgan fingerprint density at radius 2 is 1.88 bits per heavy atom. The van der Waals surface area contributed by atoms with Gasteiger partial charge in [-0.2, -0.15) is 4.98 Å². The lowest BCUT2D eigenvalue weighted by molar-refractivity contribution is 0.792. The van der Waals surface area contributed by atoms with E-state index in [1.807, 2.05) is 18.2 Å². The van der Waals surface area contributed by atoms with Crippen molar-refractivity contribution in [2.45, 2.75) is 26.7 Å². The predicted octanol–water partition coefficient (Wildman–Crippen LogP) is 5.19. The van der Waals surface area contributed by atoms with Crippen LogP contribution in [-0.4, -0.2) is 15.5 Å². The van der Waals surface area contributed by atoms with Crippen molar-refractivity contribution >= 4 is 28.5 Å². The van der Waals surface area contributed by atoms with Crippen molar-refractivity contribution in [2.75, 3.05) is 6.54 Å². The maximum Gasteiger partial charge on any atom is 0.223 e. The average molecular weight is 404 g/mol. The molecule has 0 saturated heterocycles. The van der Waals surface area contributed by atoms with Crippen LogP contribution >= 0.6 is 28.5 Å². The van der Waals surface area contributed by atoms with Crippen LogP contribution in [0.15, 0.2) is 59.6 Å². The number of nitrogens with zero attached hydrogens (tertiary/aromatic N) is 3. The molecule has 1 heterocycles. The van der Waals surface area contributed by atoms with E-state index in [0.29, 0.717) is 0 Å². The quantitative estimate of drug-likeness (QED) is 0.539. The largest absolute Gasteiger partial charge is 0.256 e. The first kappa shape index (κ1) is 18.6. The Balaban J connectivity index is 0.00000208. The molecule has 3 nitrogen and oxygen atoms in total.